The van der Waals surface area contributed by atoms with Crippen LogP contribution >= 0.6 is 0 Å². The Bertz CT molecular complexity index is 6020. The largest absolute Gasteiger partial charge is 0.308 e. The Balaban J connectivity index is 1.05. The van der Waals surface area contributed by atoms with Crippen molar-refractivity contribution in [2.24, 2.45) is 0 Å². The van der Waals surface area contributed by atoms with Crippen LogP contribution in [-0.4, -0.2) is 27.4 Å². The number of aromatic nitrogens is 6. The van der Waals surface area contributed by atoms with Gasteiger partial charge in [-0.05, 0) is 108 Å². The fourth-order valence-electron chi connectivity index (χ4n) is 16.1. The van der Waals surface area contributed by atoms with Crippen LogP contribution < -0.4 is 0 Å². The van der Waals surface area contributed by atoms with Crippen molar-refractivity contribution >= 4 is 131 Å². The summed E-state index contributed by atoms with van der Waals surface area (Å²) in [5.41, 5.74) is 21.3. The molecule has 0 unspecified atom stereocenters. The van der Waals surface area contributed by atoms with E-state index in [1.165, 1.54) is 0 Å². The van der Waals surface area contributed by atoms with Crippen molar-refractivity contribution in [1.82, 2.24) is 27.4 Å². The fraction of sp³-hybridized carbons (Fsp3) is 0. The van der Waals surface area contributed by atoms with Gasteiger partial charge in [-0.2, -0.15) is 5.26 Å². The number of fused-ring (bicyclic) bond motifs is 24. The zero-order chi connectivity index (χ0) is 60.3. The minimum atomic E-state index is 0.544. The Labute approximate surface area is 526 Å². The van der Waals surface area contributed by atoms with E-state index in [0.29, 0.717) is 5.56 Å². The molecule has 20 rings (SSSR count). The first kappa shape index (κ1) is 50.4. The molecule has 0 aliphatic heterocycles. The average molecular weight is 1170 g/mol. The zero-order valence-electron chi connectivity index (χ0n) is 49.6. The molecule has 7 nitrogen and oxygen atoms in total. The van der Waals surface area contributed by atoms with E-state index in [4.69, 9.17) is 0 Å². The van der Waals surface area contributed by atoms with Crippen molar-refractivity contribution in [3.05, 3.63) is 315 Å². The van der Waals surface area contributed by atoms with E-state index >= 15 is 0 Å². The van der Waals surface area contributed by atoms with Gasteiger partial charge in [0.1, 0.15) is 11.6 Å². The van der Waals surface area contributed by atoms with Crippen LogP contribution in [0.25, 0.3) is 176 Å². The van der Waals surface area contributed by atoms with Gasteiger partial charge in [0.25, 0.3) is 0 Å². The number of hydrogen-bond acceptors (Lipinski definition) is 1. The Kier molecular flexibility index (Phi) is 10.5. The van der Waals surface area contributed by atoms with Crippen LogP contribution in [0.3, 0.4) is 0 Å². The number of nitrogens with zero attached hydrogens (tertiary/aromatic N) is 7. The van der Waals surface area contributed by atoms with Gasteiger partial charge in [0, 0.05) is 87.4 Å². The molecule has 0 fully saturated rings. The van der Waals surface area contributed by atoms with E-state index in [-0.39, 0.29) is 0 Å². The highest BCUT2D eigenvalue weighted by Gasteiger charge is 2.33. The quantitative estimate of drug-likeness (QED) is 0.157. The molecule has 6 aromatic heterocycles. The van der Waals surface area contributed by atoms with Crippen molar-refractivity contribution < 1.29 is 0 Å². The maximum atomic E-state index is 12.8. The first-order chi connectivity index (χ1) is 45.7. The van der Waals surface area contributed by atoms with Crippen LogP contribution in [0.15, 0.2) is 309 Å². The molecular weight excluding hydrogens is 1120 g/mol. The SMILES string of the molecule is N#Cc1c(-n2c3ccccc3c3c4c(c5ccccc5n4-c4ccccc4)c4c(c5ccccc5n4-c4ccccc4)c32)cc(-c2ccccc2)cc1-n1c2ccccc2c2c3c(c4ccccc4n3-c3ccccc3)c3c(c4ccccc4n3-c3ccccc3)c21. The third kappa shape index (κ3) is 6.71. The van der Waals surface area contributed by atoms with E-state index in [1.807, 2.05) is 0 Å². The molecule has 0 aliphatic rings. The van der Waals surface area contributed by atoms with E-state index in [2.05, 4.69) is 343 Å². The first-order valence-corrected chi connectivity index (χ1v) is 31.4. The molecule has 20 aromatic rings. The zero-order valence-corrected chi connectivity index (χ0v) is 49.6. The highest BCUT2D eigenvalue weighted by atomic mass is 15.1. The van der Waals surface area contributed by atoms with Crippen molar-refractivity contribution in [2.45, 2.75) is 0 Å². The van der Waals surface area contributed by atoms with Crippen molar-refractivity contribution in [3.63, 3.8) is 0 Å². The second-order valence-electron chi connectivity index (χ2n) is 24.2. The van der Waals surface area contributed by atoms with Gasteiger partial charge in [-0.15, -0.1) is 0 Å². The lowest BCUT2D eigenvalue weighted by Gasteiger charge is -2.19. The topological polar surface area (TPSA) is 53.4 Å². The molecule has 0 spiro atoms. The minimum Gasteiger partial charge on any atom is -0.308 e. The summed E-state index contributed by atoms with van der Waals surface area (Å²) in [7, 11) is 0. The van der Waals surface area contributed by atoms with Crippen LogP contribution in [-0.2, 0) is 0 Å². The Hall–Kier alpha value is -12.6. The minimum absolute atomic E-state index is 0.544. The van der Waals surface area contributed by atoms with Gasteiger partial charge in [0.05, 0.1) is 77.6 Å². The number of hydrogen-bond donors (Lipinski definition) is 0. The molecule has 0 saturated heterocycles. The molecule has 0 N–H and O–H groups in total. The Morgan fingerprint density at radius 1 is 0.207 bits per heavy atom. The van der Waals surface area contributed by atoms with E-state index in [1.54, 1.807) is 0 Å². The molecule has 14 aromatic carbocycles. The summed E-state index contributed by atoms with van der Waals surface area (Å²) >= 11 is 0. The predicted molar refractivity (Wildman–Crippen MR) is 383 cm³/mol. The van der Waals surface area contributed by atoms with Crippen LogP contribution in [0.4, 0.5) is 0 Å². The third-order valence-corrected chi connectivity index (χ3v) is 19.5. The van der Waals surface area contributed by atoms with Crippen molar-refractivity contribution in [2.75, 3.05) is 0 Å². The molecule has 0 bridgehead atoms. The molecule has 0 aliphatic carbocycles. The summed E-state index contributed by atoms with van der Waals surface area (Å²) in [6.45, 7) is 0. The monoisotopic (exact) mass is 1170 g/mol. The van der Waals surface area contributed by atoms with Gasteiger partial charge in [-0.1, -0.05) is 212 Å². The van der Waals surface area contributed by atoms with Gasteiger partial charge >= 0.3 is 0 Å². The van der Waals surface area contributed by atoms with Gasteiger partial charge < -0.3 is 27.4 Å². The summed E-state index contributed by atoms with van der Waals surface area (Å²) in [4.78, 5) is 0. The summed E-state index contributed by atoms with van der Waals surface area (Å²) in [6, 6.07) is 115. The van der Waals surface area contributed by atoms with Crippen molar-refractivity contribution in [3.8, 4) is 51.3 Å². The Morgan fingerprint density at radius 3 is 0.663 bits per heavy atom. The highest BCUT2D eigenvalue weighted by Crippen LogP contribution is 2.54. The van der Waals surface area contributed by atoms with Gasteiger partial charge in [0.15, 0.2) is 0 Å². The van der Waals surface area contributed by atoms with Gasteiger partial charge in [-0.25, -0.2) is 0 Å². The molecule has 0 radical (unpaired) electrons. The first-order valence-electron chi connectivity index (χ1n) is 31.4. The second-order valence-corrected chi connectivity index (χ2v) is 24.2. The van der Waals surface area contributed by atoms with E-state index < -0.39 is 0 Å². The molecule has 6 heterocycles. The molecule has 0 amide bonds. The van der Waals surface area contributed by atoms with Crippen LogP contribution in [0, 0.1) is 11.3 Å². The van der Waals surface area contributed by atoms with Crippen molar-refractivity contribution in [1.29, 1.82) is 5.26 Å². The summed E-state index contributed by atoms with van der Waals surface area (Å²) < 4.78 is 14.9. The Morgan fingerprint density at radius 2 is 0.413 bits per heavy atom. The third-order valence-electron chi connectivity index (χ3n) is 19.5. The smallest absolute Gasteiger partial charge is 0.104 e. The summed E-state index contributed by atoms with van der Waals surface area (Å²) in [5.74, 6) is 0. The van der Waals surface area contributed by atoms with E-state index in [0.717, 1.165) is 176 Å². The molecule has 92 heavy (non-hydrogen) atoms. The lowest BCUT2D eigenvalue weighted by Crippen LogP contribution is -2.06. The maximum Gasteiger partial charge on any atom is 0.104 e. The molecular formula is C85H51N7. The average Bonchev–Trinajstić information content (AvgIpc) is 1.51. The number of benzene rings is 14. The molecule has 7 heteroatoms. The van der Waals surface area contributed by atoms with Crippen LogP contribution in [0.5, 0.6) is 0 Å². The molecule has 0 saturated carbocycles. The predicted octanol–water partition coefficient (Wildman–Crippen LogP) is 21.8. The normalized spacial score (nSPS) is 12.1. The highest BCUT2D eigenvalue weighted by molar-refractivity contribution is 6.42. The molecule has 0 atom stereocenters. The van der Waals surface area contributed by atoms with Gasteiger partial charge in [0.2, 0.25) is 0 Å². The second kappa shape index (κ2) is 19.2. The maximum absolute atomic E-state index is 12.8. The van der Waals surface area contributed by atoms with Crippen LogP contribution in [0.2, 0.25) is 0 Å². The van der Waals surface area contributed by atoms with E-state index in [9.17, 15) is 5.26 Å². The number of nitriles is 1. The molecule has 426 valence electrons. The van der Waals surface area contributed by atoms with Gasteiger partial charge in [-0.3, -0.25) is 0 Å². The van der Waals surface area contributed by atoms with Crippen LogP contribution in [0.1, 0.15) is 5.56 Å². The number of rotatable bonds is 7. The summed E-state index contributed by atoms with van der Waals surface area (Å²) in [6.07, 6.45) is 0. The standard InChI is InChI=1S/C85H51N7/c86-52-65-72(91-70-48-26-20-42-63(70)78-82-74(59-38-16-22-44-66(59)87(82)55-30-8-2-9-31-55)80-76(84(78)91)61-40-18-24-46-68(61)89(80)57-34-12-4-13-35-57)50-54(53-28-6-1-7-29-53)51-73(65)92-71-49-27-21-43-64(71)79-83-75(60-39-17-23-45-67(60)88(83)56-32-10-3-11-33-56)81-77(85(79)92)62-41-19-25-47-69(62)90(81)58-36-14-5-15-37-58/h1-51H. The fourth-order valence-corrected chi connectivity index (χ4v) is 16.1. The lowest BCUT2D eigenvalue weighted by molar-refractivity contribution is 1.12. The lowest BCUT2D eigenvalue weighted by atomic mass is 9.99. The number of para-hydroxylation sites is 10. The summed E-state index contributed by atoms with van der Waals surface area (Å²) in [5, 5.41) is 26.3.